The van der Waals surface area contributed by atoms with Gasteiger partial charge in [-0.3, -0.25) is 0 Å². The number of likely N-dealkylation sites (tertiary alicyclic amines) is 1. The number of carboxylic acid groups (broad SMARTS) is 1. The summed E-state index contributed by atoms with van der Waals surface area (Å²) in [5.74, 6) is 0. The zero-order valence-electron chi connectivity index (χ0n) is 11.4. The van der Waals surface area contributed by atoms with Gasteiger partial charge in [-0.05, 0) is 49.4 Å². The van der Waals surface area contributed by atoms with Crippen molar-refractivity contribution in [2.45, 2.75) is 31.7 Å². The highest BCUT2D eigenvalue weighted by atomic mass is 79.9. The average Bonchev–Trinajstić information content (AvgIpc) is 2.81. The summed E-state index contributed by atoms with van der Waals surface area (Å²) in [6.07, 6.45) is 3.63. The SMILES string of the molecule is O=C(O)N1CCC(N2CCCCc3cc(Br)ccc32)C1. The maximum Gasteiger partial charge on any atom is 0.407 e. The van der Waals surface area contributed by atoms with Crippen LogP contribution in [-0.2, 0) is 6.42 Å². The number of fused-ring (bicyclic) bond motifs is 1. The standard InChI is InChI=1S/C15H19BrN2O2/c16-12-4-5-14-11(9-12)3-1-2-7-18(14)13-6-8-17(10-13)15(19)20/h4-5,9,13H,1-3,6-8,10H2,(H,19,20). The molecular weight excluding hydrogens is 320 g/mol. The number of carbonyl (C=O) groups is 1. The monoisotopic (exact) mass is 338 g/mol. The molecule has 0 radical (unpaired) electrons. The average molecular weight is 339 g/mol. The Labute approximate surface area is 127 Å². The normalized spacial score (nSPS) is 22.6. The summed E-state index contributed by atoms with van der Waals surface area (Å²) in [6.45, 7) is 2.32. The smallest absolute Gasteiger partial charge is 0.407 e. The van der Waals surface area contributed by atoms with E-state index in [1.807, 2.05) is 0 Å². The lowest BCUT2D eigenvalue weighted by Gasteiger charge is -2.31. The summed E-state index contributed by atoms with van der Waals surface area (Å²) in [4.78, 5) is 15.1. The van der Waals surface area contributed by atoms with Crippen LogP contribution in [0.15, 0.2) is 22.7 Å². The van der Waals surface area contributed by atoms with Crippen LogP contribution in [-0.4, -0.2) is 41.8 Å². The van der Waals surface area contributed by atoms with Gasteiger partial charge in [0.15, 0.2) is 0 Å². The van der Waals surface area contributed by atoms with E-state index in [4.69, 9.17) is 5.11 Å². The molecule has 5 heteroatoms. The zero-order valence-corrected chi connectivity index (χ0v) is 13.0. The minimum absolute atomic E-state index is 0.323. The van der Waals surface area contributed by atoms with Crippen LogP contribution in [0.1, 0.15) is 24.8 Å². The number of rotatable bonds is 1. The van der Waals surface area contributed by atoms with E-state index < -0.39 is 6.09 Å². The molecule has 0 bridgehead atoms. The first-order chi connectivity index (χ1) is 9.65. The van der Waals surface area contributed by atoms with Crippen molar-refractivity contribution in [3.05, 3.63) is 28.2 Å². The van der Waals surface area contributed by atoms with E-state index in [-0.39, 0.29) is 0 Å². The van der Waals surface area contributed by atoms with Crippen LogP contribution in [0.4, 0.5) is 10.5 Å². The third-order valence-corrected chi connectivity index (χ3v) is 4.81. The molecule has 2 aliphatic rings. The first kappa shape index (κ1) is 13.7. The predicted octanol–water partition coefficient (Wildman–Crippen LogP) is 3.34. The number of amides is 1. The van der Waals surface area contributed by atoms with Gasteiger partial charge in [0.25, 0.3) is 0 Å². The Hall–Kier alpha value is -1.23. The van der Waals surface area contributed by atoms with Gasteiger partial charge in [-0.2, -0.15) is 0 Å². The number of hydrogen-bond donors (Lipinski definition) is 1. The lowest BCUT2D eigenvalue weighted by atomic mass is 10.1. The zero-order chi connectivity index (χ0) is 14.1. The molecule has 1 atom stereocenters. The first-order valence-electron chi connectivity index (χ1n) is 7.18. The largest absolute Gasteiger partial charge is 0.465 e. The second-order valence-electron chi connectivity index (χ2n) is 5.59. The van der Waals surface area contributed by atoms with Crippen molar-refractivity contribution in [2.75, 3.05) is 24.5 Å². The number of hydrogen-bond acceptors (Lipinski definition) is 2. The van der Waals surface area contributed by atoms with Gasteiger partial charge >= 0.3 is 6.09 Å². The number of nitrogens with zero attached hydrogens (tertiary/aromatic N) is 2. The highest BCUT2D eigenvalue weighted by Crippen LogP contribution is 2.32. The molecule has 1 saturated heterocycles. The van der Waals surface area contributed by atoms with Crippen LogP contribution < -0.4 is 4.90 Å². The molecule has 1 aromatic rings. The molecule has 1 aromatic carbocycles. The fourth-order valence-corrected chi connectivity index (χ4v) is 3.71. The molecule has 1 fully saturated rings. The molecule has 20 heavy (non-hydrogen) atoms. The van der Waals surface area contributed by atoms with Gasteiger partial charge in [-0.15, -0.1) is 0 Å². The second kappa shape index (κ2) is 5.64. The lowest BCUT2D eigenvalue weighted by molar-refractivity contribution is 0.155. The quantitative estimate of drug-likeness (QED) is 0.853. The molecule has 0 spiro atoms. The predicted molar refractivity (Wildman–Crippen MR) is 82.4 cm³/mol. The highest BCUT2D eigenvalue weighted by molar-refractivity contribution is 9.10. The van der Waals surface area contributed by atoms with Crippen molar-refractivity contribution in [2.24, 2.45) is 0 Å². The van der Waals surface area contributed by atoms with Gasteiger partial charge in [0.1, 0.15) is 0 Å². The van der Waals surface area contributed by atoms with Crippen molar-refractivity contribution in [1.29, 1.82) is 0 Å². The summed E-state index contributed by atoms with van der Waals surface area (Å²) < 4.78 is 1.12. The minimum atomic E-state index is -0.793. The van der Waals surface area contributed by atoms with Gasteiger partial charge in [0, 0.05) is 35.8 Å². The summed E-state index contributed by atoms with van der Waals surface area (Å²) >= 11 is 3.54. The molecule has 2 aliphatic heterocycles. The van der Waals surface area contributed by atoms with Gasteiger partial charge in [0.2, 0.25) is 0 Å². The van der Waals surface area contributed by atoms with Crippen LogP contribution in [0, 0.1) is 0 Å². The summed E-state index contributed by atoms with van der Waals surface area (Å²) in [5.41, 5.74) is 2.67. The van der Waals surface area contributed by atoms with E-state index in [0.29, 0.717) is 19.1 Å². The summed E-state index contributed by atoms with van der Waals surface area (Å²) in [6, 6.07) is 6.79. The van der Waals surface area contributed by atoms with E-state index in [0.717, 1.165) is 23.9 Å². The van der Waals surface area contributed by atoms with Crippen LogP contribution in [0.25, 0.3) is 0 Å². The molecule has 0 saturated carbocycles. The van der Waals surface area contributed by atoms with E-state index >= 15 is 0 Å². The van der Waals surface area contributed by atoms with Crippen molar-refractivity contribution >= 4 is 27.7 Å². The van der Waals surface area contributed by atoms with Crippen molar-refractivity contribution in [3.63, 3.8) is 0 Å². The second-order valence-corrected chi connectivity index (χ2v) is 6.51. The summed E-state index contributed by atoms with van der Waals surface area (Å²) in [5, 5.41) is 9.12. The third-order valence-electron chi connectivity index (χ3n) is 4.32. The Balaban J connectivity index is 1.85. The fourth-order valence-electron chi connectivity index (χ4n) is 3.30. The van der Waals surface area contributed by atoms with Crippen molar-refractivity contribution in [3.8, 4) is 0 Å². The molecule has 1 amide bonds. The van der Waals surface area contributed by atoms with Crippen LogP contribution in [0.2, 0.25) is 0 Å². The van der Waals surface area contributed by atoms with E-state index in [9.17, 15) is 4.79 Å². The Bertz CT molecular complexity index is 521. The van der Waals surface area contributed by atoms with E-state index in [1.165, 1.54) is 29.0 Å². The van der Waals surface area contributed by atoms with E-state index in [2.05, 4.69) is 39.0 Å². The van der Waals surface area contributed by atoms with Crippen molar-refractivity contribution < 1.29 is 9.90 Å². The van der Waals surface area contributed by atoms with Gasteiger partial charge in [-0.1, -0.05) is 15.9 Å². The maximum atomic E-state index is 11.1. The fraction of sp³-hybridized carbons (Fsp3) is 0.533. The topological polar surface area (TPSA) is 43.8 Å². The molecule has 0 aliphatic carbocycles. The molecule has 1 N–H and O–H groups in total. The molecule has 0 aromatic heterocycles. The Morgan fingerprint density at radius 1 is 1.30 bits per heavy atom. The molecule has 108 valence electrons. The molecule has 3 rings (SSSR count). The van der Waals surface area contributed by atoms with Crippen molar-refractivity contribution in [1.82, 2.24) is 4.90 Å². The maximum absolute atomic E-state index is 11.1. The number of aryl methyl sites for hydroxylation is 1. The lowest BCUT2D eigenvalue weighted by Crippen LogP contribution is -2.39. The van der Waals surface area contributed by atoms with E-state index in [1.54, 1.807) is 0 Å². The van der Waals surface area contributed by atoms with Crippen LogP contribution in [0.5, 0.6) is 0 Å². The molecule has 2 heterocycles. The number of benzene rings is 1. The number of halogens is 1. The highest BCUT2D eigenvalue weighted by Gasteiger charge is 2.31. The van der Waals surface area contributed by atoms with Crippen LogP contribution >= 0.6 is 15.9 Å². The van der Waals surface area contributed by atoms with Gasteiger partial charge < -0.3 is 14.9 Å². The third kappa shape index (κ3) is 2.64. The Morgan fingerprint density at radius 3 is 2.90 bits per heavy atom. The molecule has 1 unspecified atom stereocenters. The van der Waals surface area contributed by atoms with Gasteiger partial charge in [0.05, 0.1) is 0 Å². The molecule has 4 nitrogen and oxygen atoms in total. The number of anilines is 1. The van der Waals surface area contributed by atoms with Gasteiger partial charge in [-0.25, -0.2) is 4.79 Å². The Morgan fingerprint density at radius 2 is 2.15 bits per heavy atom. The molecular formula is C15H19BrN2O2. The Kier molecular flexibility index (Phi) is 3.87. The van der Waals surface area contributed by atoms with Crippen LogP contribution in [0.3, 0.4) is 0 Å². The first-order valence-corrected chi connectivity index (χ1v) is 7.97. The summed E-state index contributed by atoms with van der Waals surface area (Å²) in [7, 11) is 0. The minimum Gasteiger partial charge on any atom is -0.465 e.